The molecule has 25 heavy (non-hydrogen) atoms. The van der Waals surface area contributed by atoms with Crippen molar-refractivity contribution in [3.05, 3.63) is 53.3 Å². The zero-order valence-corrected chi connectivity index (χ0v) is 14.3. The van der Waals surface area contributed by atoms with E-state index in [9.17, 15) is 9.18 Å². The van der Waals surface area contributed by atoms with Gasteiger partial charge >= 0.3 is 0 Å². The van der Waals surface area contributed by atoms with Crippen LogP contribution in [0, 0.1) is 5.82 Å². The van der Waals surface area contributed by atoms with Gasteiger partial charge in [0.1, 0.15) is 5.82 Å². The zero-order chi connectivity index (χ0) is 17.2. The Morgan fingerprint density at radius 1 is 1.24 bits per heavy atom. The van der Waals surface area contributed by atoms with Crippen LogP contribution < -0.4 is 10.2 Å². The zero-order valence-electron chi connectivity index (χ0n) is 13.5. The lowest BCUT2D eigenvalue weighted by Crippen LogP contribution is -2.19. The molecular weight excluding hydrogens is 339 g/mol. The Morgan fingerprint density at radius 3 is 2.80 bits per heavy atom. The molecule has 1 amide bonds. The Labute approximate surface area is 148 Å². The van der Waals surface area contributed by atoms with Gasteiger partial charge in [-0.1, -0.05) is 6.07 Å². The van der Waals surface area contributed by atoms with Crippen molar-refractivity contribution in [3.8, 4) is 10.6 Å². The summed E-state index contributed by atoms with van der Waals surface area (Å²) in [5, 5.41) is 11.5. The monoisotopic (exact) mass is 356 g/mol. The molecule has 0 radical (unpaired) electrons. The van der Waals surface area contributed by atoms with E-state index in [0.717, 1.165) is 36.5 Å². The molecule has 3 heterocycles. The summed E-state index contributed by atoms with van der Waals surface area (Å²) in [6, 6.07) is 10.4. The number of carbonyl (C=O) groups excluding carboxylic acids is 1. The highest BCUT2D eigenvalue weighted by Gasteiger charge is 2.17. The van der Waals surface area contributed by atoms with E-state index in [2.05, 4.69) is 15.5 Å². The average Bonchev–Trinajstić information content (AvgIpc) is 3.35. The summed E-state index contributed by atoms with van der Waals surface area (Å²) < 4.78 is 14.3. The summed E-state index contributed by atoms with van der Waals surface area (Å²) in [4.78, 5) is 15.4. The molecule has 128 valence electrons. The molecule has 0 aliphatic carbocycles. The molecule has 7 heteroatoms. The van der Waals surface area contributed by atoms with Crippen LogP contribution in [0.4, 0.5) is 15.8 Å². The highest BCUT2D eigenvalue weighted by Crippen LogP contribution is 2.27. The largest absolute Gasteiger partial charge is 0.369 e. The van der Waals surface area contributed by atoms with Gasteiger partial charge in [-0.3, -0.25) is 9.89 Å². The summed E-state index contributed by atoms with van der Waals surface area (Å²) in [5.41, 5.74) is 2.07. The van der Waals surface area contributed by atoms with Crippen LogP contribution in [0.25, 0.3) is 10.6 Å². The summed E-state index contributed by atoms with van der Waals surface area (Å²) in [7, 11) is 0. The van der Waals surface area contributed by atoms with E-state index in [1.54, 1.807) is 29.5 Å². The summed E-state index contributed by atoms with van der Waals surface area (Å²) in [6.07, 6.45) is 2.17. The molecule has 5 nitrogen and oxygen atoms in total. The number of anilines is 2. The van der Waals surface area contributed by atoms with E-state index in [1.165, 1.54) is 6.07 Å². The quantitative estimate of drug-likeness (QED) is 0.739. The minimum Gasteiger partial charge on any atom is -0.369 e. The average molecular weight is 356 g/mol. The summed E-state index contributed by atoms with van der Waals surface area (Å²) >= 11 is 1.56. The number of rotatable bonds is 4. The lowest BCUT2D eigenvalue weighted by molar-refractivity contribution is 0.102. The van der Waals surface area contributed by atoms with E-state index in [-0.39, 0.29) is 17.4 Å². The predicted octanol–water partition coefficient (Wildman–Crippen LogP) is 4.13. The van der Waals surface area contributed by atoms with Gasteiger partial charge in [0, 0.05) is 18.8 Å². The Bertz CT molecular complexity index is 884. The van der Waals surface area contributed by atoms with Crippen molar-refractivity contribution in [2.24, 2.45) is 0 Å². The van der Waals surface area contributed by atoms with Crippen molar-refractivity contribution >= 4 is 28.6 Å². The van der Waals surface area contributed by atoms with Crippen LogP contribution in [0.3, 0.4) is 0 Å². The first-order valence-corrected chi connectivity index (χ1v) is 9.04. The number of halogens is 1. The number of aromatic amines is 1. The van der Waals surface area contributed by atoms with E-state index in [1.807, 2.05) is 22.4 Å². The third-order valence-electron chi connectivity index (χ3n) is 4.25. The molecule has 0 atom stereocenters. The van der Waals surface area contributed by atoms with Crippen molar-refractivity contribution < 1.29 is 9.18 Å². The van der Waals surface area contributed by atoms with Crippen molar-refractivity contribution in [1.29, 1.82) is 0 Å². The van der Waals surface area contributed by atoms with E-state index < -0.39 is 0 Å². The molecule has 1 aromatic carbocycles. The third kappa shape index (κ3) is 3.28. The van der Waals surface area contributed by atoms with Gasteiger partial charge in [0.2, 0.25) is 0 Å². The standard InChI is InChI=1S/C18H17FN4OS/c19-13-10-12(5-6-16(13)23-7-1-2-8-23)20-18(24)15-11-14(21-22-15)17-4-3-9-25-17/h3-6,9-11H,1-2,7-8H2,(H,20,24)(H,21,22). The lowest BCUT2D eigenvalue weighted by Gasteiger charge is -2.18. The fourth-order valence-corrected chi connectivity index (χ4v) is 3.68. The number of amides is 1. The summed E-state index contributed by atoms with van der Waals surface area (Å²) in [5.74, 6) is -0.687. The van der Waals surface area contributed by atoms with Crippen LogP contribution in [0.5, 0.6) is 0 Å². The Balaban J connectivity index is 1.48. The number of nitrogens with zero attached hydrogens (tertiary/aromatic N) is 2. The second kappa shape index (κ2) is 6.68. The molecule has 0 bridgehead atoms. The molecule has 0 unspecified atom stereocenters. The predicted molar refractivity (Wildman–Crippen MR) is 97.7 cm³/mol. The number of hydrogen-bond donors (Lipinski definition) is 2. The molecule has 1 saturated heterocycles. The van der Waals surface area contributed by atoms with E-state index in [0.29, 0.717) is 11.4 Å². The number of hydrogen-bond acceptors (Lipinski definition) is 4. The third-order valence-corrected chi connectivity index (χ3v) is 5.15. The molecule has 4 rings (SSSR count). The minimum atomic E-state index is -0.368. The van der Waals surface area contributed by atoms with E-state index >= 15 is 0 Å². The lowest BCUT2D eigenvalue weighted by atomic mass is 10.2. The SMILES string of the molecule is O=C(Nc1ccc(N2CCCC2)c(F)c1)c1cc(-c2cccs2)[nH]n1. The number of carbonyl (C=O) groups is 1. The Morgan fingerprint density at radius 2 is 2.08 bits per heavy atom. The number of thiophene rings is 1. The first kappa shape index (κ1) is 15.8. The highest BCUT2D eigenvalue weighted by atomic mass is 32.1. The molecule has 2 aromatic heterocycles. The van der Waals surface area contributed by atoms with Gasteiger partial charge in [-0.2, -0.15) is 5.10 Å². The number of H-pyrrole nitrogens is 1. The van der Waals surface area contributed by atoms with Gasteiger partial charge in [0.15, 0.2) is 5.69 Å². The topological polar surface area (TPSA) is 61.0 Å². The molecular formula is C18H17FN4OS. The minimum absolute atomic E-state index is 0.271. The maximum atomic E-state index is 14.3. The fraction of sp³-hybridized carbons (Fsp3) is 0.222. The van der Waals surface area contributed by atoms with Gasteiger partial charge in [0.25, 0.3) is 5.91 Å². The second-order valence-corrected chi connectivity index (χ2v) is 6.91. The molecule has 1 fully saturated rings. The maximum Gasteiger partial charge on any atom is 0.276 e. The first-order valence-electron chi connectivity index (χ1n) is 8.16. The van der Waals surface area contributed by atoms with Gasteiger partial charge in [-0.25, -0.2) is 4.39 Å². The van der Waals surface area contributed by atoms with Crippen molar-refractivity contribution in [3.63, 3.8) is 0 Å². The van der Waals surface area contributed by atoms with Gasteiger partial charge in [0.05, 0.1) is 16.3 Å². The number of nitrogens with one attached hydrogen (secondary N) is 2. The van der Waals surface area contributed by atoms with Crippen LogP contribution in [-0.4, -0.2) is 29.2 Å². The van der Waals surface area contributed by atoms with Crippen molar-refractivity contribution in [1.82, 2.24) is 10.2 Å². The molecule has 1 aliphatic heterocycles. The van der Waals surface area contributed by atoms with Crippen LogP contribution in [0.1, 0.15) is 23.3 Å². The molecule has 1 aliphatic rings. The molecule has 2 N–H and O–H groups in total. The summed E-state index contributed by atoms with van der Waals surface area (Å²) in [6.45, 7) is 1.75. The molecule has 0 saturated carbocycles. The van der Waals surface area contributed by atoms with E-state index in [4.69, 9.17) is 0 Å². The van der Waals surface area contributed by atoms with Crippen LogP contribution in [0.15, 0.2) is 41.8 Å². The van der Waals surface area contributed by atoms with Crippen LogP contribution >= 0.6 is 11.3 Å². The Kier molecular flexibility index (Phi) is 4.23. The van der Waals surface area contributed by atoms with Gasteiger partial charge in [-0.05, 0) is 48.6 Å². The first-order chi connectivity index (χ1) is 12.2. The Hall–Kier alpha value is -2.67. The van der Waals surface area contributed by atoms with Crippen LogP contribution in [-0.2, 0) is 0 Å². The van der Waals surface area contributed by atoms with Gasteiger partial charge < -0.3 is 10.2 Å². The molecule has 0 spiro atoms. The van der Waals surface area contributed by atoms with Crippen molar-refractivity contribution in [2.45, 2.75) is 12.8 Å². The second-order valence-electron chi connectivity index (χ2n) is 5.96. The number of benzene rings is 1. The highest BCUT2D eigenvalue weighted by molar-refractivity contribution is 7.13. The van der Waals surface area contributed by atoms with Crippen LogP contribution in [0.2, 0.25) is 0 Å². The fourth-order valence-electron chi connectivity index (χ4n) is 2.99. The normalized spacial score (nSPS) is 14.0. The smallest absolute Gasteiger partial charge is 0.276 e. The van der Waals surface area contributed by atoms with Crippen molar-refractivity contribution in [2.75, 3.05) is 23.3 Å². The van der Waals surface area contributed by atoms with Gasteiger partial charge in [-0.15, -0.1) is 11.3 Å². The number of aromatic nitrogens is 2. The maximum absolute atomic E-state index is 14.3. The molecule has 3 aromatic rings.